The van der Waals surface area contributed by atoms with Crippen LogP contribution in [0.2, 0.25) is 0 Å². The lowest BCUT2D eigenvalue weighted by atomic mass is 10.1. The van der Waals surface area contributed by atoms with Gasteiger partial charge in [0.05, 0.1) is 12.3 Å². The number of hydrogen-bond acceptors (Lipinski definition) is 3. The lowest BCUT2D eigenvalue weighted by Gasteiger charge is -2.29. The van der Waals surface area contributed by atoms with Gasteiger partial charge in [-0.1, -0.05) is 25.7 Å². The minimum absolute atomic E-state index is 0.0202. The molecule has 3 nitrogen and oxygen atoms in total. The summed E-state index contributed by atoms with van der Waals surface area (Å²) in [5, 5.41) is 9.12. The van der Waals surface area contributed by atoms with Crippen LogP contribution >= 0.6 is 0 Å². The molecular weight excluding hydrogens is 212 g/mol. The summed E-state index contributed by atoms with van der Waals surface area (Å²) >= 11 is 0. The predicted molar refractivity (Wildman–Crippen MR) is 70.1 cm³/mol. The molecule has 0 amide bonds. The van der Waals surface area contributed by atoms with Crippen molar-refractivity contribution in [3.8, 4) is 0 Å². The first kappa shape index (κ1) is 12.4. The summed E-state index contributed by atoms with van der Waals surface area (Å²) in [6.45, 7) is 0.0202. The van der Waals surface area contributed by atoms with E-state index in [2.05, 4.69) is 16.9 Å². The summed E-state index contributed by atoms with van der Waals surface area (Å²) in [6.07, 6.45) is 9.79. The van der Waals surface area contributed by atoms with Gasteiger partial charge in [-0.15, -0.1) is 0 Å². The number of aliphatic hydroxyl groups is 1. The quantitative estimate of drug-likeness (QED) is 0.817. The lowest BCUT2D eigenvalue weighted by molar-refractivity contribution is 0.277. The summed E-state index contributed by atoms with van der Waals surface area (Å²) in [7, 11) is 2.16. The van der Waals surface area contributed by atoms with Crippen LogP contribution in [-0.4, -0.2) is 23.2 Å². The predicted octanol–water partition coefficient (Wildman–Crippen LogP) is 2.73. The third-order valence-electron chi connectivity index (χ3n) is 3.74. The number of nitrogens with zero attached hydrogens (tertiary/aromatic N) is 2. The highest BCUT2D eigenvalue weighted by atomic mass is 16.3. The van der Waals surface area contributed by atoms with Crippen LogP contribution in [0, 0.1) is 0 Å². The van der Waals surface area contributed by atoms with E-state index in [1.807, 2.05) is 12.1 Å². The molecule has 1 aliphatic carbocycles. The SMILES string of the molecule is CN(c1ccnc(CO)c1)C1CCCCCC1. The second-order valence-corrected chi connectivity index (χ2v) is 4.92. The van der Waals surface area contributed by atoms with Gasteiger partial charge in [0.2, 0.25) is 0 Å². The topological polar surface area (TPSA) is 36.4 Å². The molecule has 0 spiro atoms. The first-order chi connectivity index (χ1) is 8.31. The Balaban J connectivity index is 2.08. The van der Waals surface area contributed by atoms with E-state index in [-0.39, 0.29) is 6.61 Å². The highest BCUT2D eigenvalue weighted by Gasteiger charge is 2.17. The number of pyridine rings is 1. The van der Waals surface area contributed by atoms with Crippen molar-refractivity contribution in [2.45, 2.75) is 51.2 Å². The van der Waals surface area contributed by atoms with Crippen LogP contribution in [0.5, 0.6) is 0 Å². The van der Waals surface area contributed by atoms with Gasteiger partial charge < -0.3 is 10.0 Å². The van der Waals surface area contributed by atoms with Gasteiger partial charge in [-0.25, -0.2) is 0 Å². The number of anilines is 1. The van der Waals surface area contributed by atoms with Gasteiger partial charge in [0.1, 0.15) is 0 Å². The highest BCUT2D eigenvalue weighted by molar-refractivity contribution is 5.46. The first-order valence-electron chi connectivity index (χ1n) is 6.60. The average Bonchev–Trinajstić information content (AvgIpc) is 2.67. The summed E-state index contributed by atoms with van der Waals surface area (Å²) in [6, 6.07) is 4.67. The molecule has 0 unspecified atom stereocenters. The Kier molecular flexibility index (Phi) is 4.37. The van der Waals surface area contributed by atoms with Crippen LogP contribution in [0.1, 0.15) is 44.2 Å². The van der Waals surface area contributed by atoms with Crippen molar-refractivity contribution in [3.05, 3.63) is 24.0 Å². The molecular formula is C14H22N2O. The van der Waals surface area contributed by atoms with Gasteiger partial charge in [0, 0.05) is 25.0 Å². The molecule has 1 heterocycles. The zero-order valence-corrected chi connectivity index (χ0v) is 10.6. The van der Waals surface area contributed by atoms with E-state index < -0.39 is 0 Å². The molecule has 1 fully saturated rings. The fraction of sp³-hybridized carbons (Fsp3) is 0.643. The lowest BCUT2D eigenvalue weighted by Crippen LogP contribution is -2.31. The maximum Gasteiger partial charge on any atom is 0.0853 e. The van der Waals surface area contributed by atoms with E-state index in [0.29, 0.717) is 6.04 Å². The molecule has 0 bridgehead atoms. The van der Waals surface area contributed by atoms with Crippen LogP contribution < -0.4 is 4.90 Å². The Morgan fingerprint density at radius 2 is 2.00 bits per heavy atom. The van der Waals surface area contributed by atoms with E-state index >= 15 is 0 Å². The molecule has 94 valence electrons. The van der Waals surface area contributed by atoms with Crippen LogP contribution in [0.15, 0.2) is 18.3 Å². The monoisotopic (exact) mass is 234 g/mol. The number of rotatable bonds is 3. The van der Waals surface area contributed by atoms with Gasteiger partial charge >= 0.3 is 0 Å². The molecule has 2 rings (SSSR count). The van der Waals surface area contributed by atoms with Crippen molar-refractivity contribution in [1.29, 1.82) is 0 Å². The highest BCUT2D eigenvalue weighted by Crippen LogP contribution is 2.25. The van der Waals surface area contributed by atoms with Crippen molar-refractivity contribution in [2.24, 2.45) is 0 Å². The van der Waals surface area contributed by atoms with Crippen LogP contribution in [0.3, 0.4) is 0 Å². The number of hydrogen-bond donors (Lipinski definition) is 1. The van der Waals surface area contributed by atoms with Gasteiger partial charge in [0.25, 0.3) is 0 Å². The zero-order chi connectivity index (χ0) is 12.1. The van der Waals surface area contributed by atoms with Crippen LogP contribution in [0.25, 0.3) is 0 Å². The maximum absolute atomic E-state index is 9.12. The summed E-state index contributed by atoms with van der Waals surface area (Å²) in [5.74, 6) is 0. The molecule has 1 aromatic heterocycles. The van der Waals surface area contributed by atoms with E-state index in [0.717, 1.165) is 5.69 Å². The average molecular weight is 234 g/mol. The Morgan fingerprint density at radius 3 is 2.65 bits per heavy atom. The minimum Gasteiger partial charge on any atom is -0.390 e. The first-order valence-corrected chi connectivity index (χ1v) is 6.60. The smallest absolute Gasteiger partial charge is 0.0853 e. The standard InChI is InChI=1S/C14H22N2O/c1-16(13-6-4-2-3-5-7-13)14-8-9-15-12(10-14)11-17/h8-10,13,17H,2-7,11H2,1H3. The van der Waals surface area contributed by atoms with Crippen LogP contribution in [-0.2, 0) is 6.61 Å². The number of aromatic nitrogens is 1. The number of aliphatic hydroxyl groups excluding tert-OH is 1. The summed E-state index contributed by atoms with van der Waals surface area (Å²) in [5.41, 5.74) is 1.93. The van der Waals surface area contributed by atoms with Crippen molar-refractivity contribution < 1.29 is 5.11 Å². The van der Waals surface area contributed by atoms with Crippen molar-refractivity contribution in [3.63, 3.8) is 0 Å². The molecule has 0 saturated heterocycles. The molecule has 1 aliphatic rings. The third-order valence-corrected chi connectivity index (χ3v) is 3.74. The Bertz CT molecular complexity index is 346. The van der Waals surface area contributed by atoms with Gasteiger partial charge in [-0.05, 0) is 25.0 Å². The van der Waals surface area contributed by atoms with Gasteiger partial charge in [0.15, 0.2) is 0 Å². The van der Waals surface area contributed by atoms with E-state index in [4.69, 9.17) is 5.11 Å². The Morgan fingerprint density at radius 1 is 1.29 bits per heavy atom. The summed E-state index contributed by atoms with van der Waals surface area (Å²) in [4.78, 5) is 6.48. The van der Waals surface area contributed by atoms with Crippen LogP contribution in [0.4, 0.5) is 5.69 Å². The van der Waals surface area contributed by atoms with E-state index in [1.54, 1.807) is 6.20 Å². The molecule has 1 N–H and O–H groups in total. The normalized spacial score (nSPS) is 17.8. The minimum atomic E-state index is 0.0202. The molecule has 0 aliphatic heterocycles. The molecule has 1 saturated carbocycles. The second kappa shape index (κ2) is 6.01. The van der Waals surface area contributed by atoms with Crippen molar-refractivity contribution in [1.82, 2.24) is 4.98 Å². The molecule has 17 heavy (non-hydrogen) atoms. The van der Waals surface area contributed by atoms with Gasteiger partial charge in [-0.3, -0.25) is 4.98 Å². The second-order valence-electron chi connectivity index (χ2n) is 4.92. The molecule has 0 radical (unpaired) electrons. The Labute approximate surface area is 103 Å². The Hall–Kier alpha value is -1.09. The third kappa shape index (κ3) is 3.19. The maximum atomic E-state index is 9.12. The van der Waals surface area contributed by atoms with Crippen molar-refractivity contribution >= 4 is 5.69 Å². The molecule has 3 heteroatoms. The van der Waals surface area contributed by atoms with E-state index in [9.17, 15) is 0 Å². The largest absolute Gasteiger partial charge is 0.390 e. The summed E-state index contributed by atoms with van der Waals surface area (Å²) < 4.78 is 0. The van der Waals surface area contributed by atoms with Gasteiger partial charge in [-0.2, -0.15) is 0 Å². The fourth-order valence-corrected chi connectivity index (χ4v) is 2.63. The molecule has 0 atom stereocenters. The molecule has 0 aromatic carbocycles. The zero-order valence-electron chi connectivity index (χ0n) is 10.6. The van der Waals surface area contributed by atoms with Crippen molar-refractivity contribution in [2.75, 3.05) is 11.9 Å². The fourth-order valence-electron chi connectivity index (χ4n) is 2.63. The van der Waals surface area contributed by atoms with E-state index in [1.165, 1.54) is 44.2 Å². The molecule has 1 aromatic rings.